The van der Waals surface area contributed by atoms with Crippen molar-refractivity contribution in [1.29, 1.82) is 5.26 Å². The van der Waals surface area contributed by atoms with Gasteiger partial charge in [0.25, 0.3) is 5.91 Å². The molecule has 0 fully saturated rings. The zero-order chi connectivity index (χ0) is 25.4. The number of nitrogens with zero attached hydrogens (tertiary/aromatic N) is 1. The highest BCUT2D eigenvalue weighted by Crippen LogP contribution is 2.35. The Kier molecular flexibility index (Phi) is 9.06. The molecule has 0 saturated heterocycles. The molecule has 0 radical (unpaired) electrons. The number of halogens is 2. The molecule has 2 N–H and O–H groups in total. The van der Waals surface area contributed by atoms with E-state index in [1.54, 1.807) is 18.2 Å². The topological polar surface area (TPSA) is 109 Å². The lowest BCUT2D eigenvalue weighted by Gasteiger charge is -2.14. The minimum Gasteiger partial charge on any atom is -0.490 e. The number of benzene rings is 3. The number of carbonyl (C=O) groups excluding carboxylic acids is 1. The predicted molar refractivity (Wildman–Crippen MR) is 139 cm³/mol. The van der Waals surface area contributed by atoms with Gasteiger partial charge in [-0.25, -0.2) is 4.79 Å². The van der Waals surface area contributed by atoms with Crippen molar-refractivity contribution in [2.45, 2.75) is 13.5 Å². The van der Waals surface area contributed by atoms with Gasteiger partial charge in [-0.2, -0.15) is 5.26 Å². The van der Waals surface area contributed by atoms with Crippen LogP contribution in [0.4, 0.5) is 5.69 Å². The summed E-state index contributed by atoms with van der Waals surface area (Å²) in [7, 11) is 0. The first-order valence-electron chi connectivity index (χ1n) is 10.4. The Labute approximate surface area is 219 Å². The minimum atomic E-state index is -1.12. The van der Waals surface area contributed by atoms with E-state index in [2.05, 4.69) is 37.2 Å². The van der Waals surface area contributed by atoms with E-state index in [4.69, 9.17) is 14.6 Å². The Morgan fingerprint density at radius 3 is 2.43 bits per heavy atom. The van der Waals surface area contributed by atoms with Gasteiger partial charge in [0, 0.05) is 14.6 Å². The number of hydrogen-bond donors (Lipinski definition) is 2. The Morgan fingerprint density at radius 1 is 1.06 bits per heavy atom. The fourth-order valence-corrected chi connectivity index (χ4v) is 3.72. The fourth-order valence-electron chi connectivity index (χ4n) is 3.02. The number of carboxylic acids is 1. The van der Waals surface area contributed by atoms with E-state index >= 15 is 0 Å². The highest BCUT2D eigenvalue weighted by molar-refractivity contribution is 9.10. The maximum Gasteiger partial charge on any atom is 0.335 e. The van der Waals surface area contributed by atoms with Crippen molar-refractivity contribution < 1.29 is 24.2 Å². The molecule has 3 rings (SSSR count). The summed E-state index contributed by atoms with van der Waals surface area (Å²) in [6.07, 6.45) is 1.42. The number of rotatable bonds is 9. The van der Waals surface area contributed by atoms with Crippen LogP contribution in [-0.4, -0.2) is 23.6 Å². The van der Waals surface area contributed by atoms with Crippen molar-refractivity contribution in [2.24, 2.45) is 0 Å². The number of carboxylic acid groups (broad SMARTS) is 1. The summed E-state index contributed by atoms with van der Waals surface area (Å²) >= 11 is 6.88. The summed E-state index contributed by atoms with van der Waals surface area (Å²) in [5.74, 6) is -0.819. The van der Waals surface area contributed by atoms with Crippen LogP contribution >= 0.6 is 31.9 Å². The molecule has 3 aromatic carbocycles. The first kappa shape index (κ1) is 26.0. The van der Waals surface area contributed by atoms with E-state index in [0.29, 0.717) is 34.7 Å². The van der Waals surface area contributed by atoms with E-state index in [9.17, 15) is 14.9 Å². The second-order valence-electron chi connectivity index (χ2n) is 7.18. The molecular weight excluding hydrogens is 580 g/mol. The normalized spacial score (nSPS) is 10.9. The second kappa shape index (κ2) is 12.2. The maximum atomic E-state index is 12.7. The van der Waals surface area contributed by atoms with Crippen molar-refractivity contribution in [3.05, 3.63) is 91.9 Å². The second-order valence-corrected chi connectivity index (χ2v) is 8.95. The molecule has 35 heavy (non-hydrogen) atoms. The third-order valence-electron chi connectivity index (χ3n) is 4.70. The fraction of sp³-hybridized carbons (Fsp3) is 0.115. The Hall–Kier alpha value is -3.61. The van der Waals surface area contributed by atoms with Crippen LogP contribution in [0.15, 0.2) is 75.2 Å². The SMILES string of the molecule is CCOc1cc(/C=C(/C#N)C(=O)Nc2cccc(C(=O)O)c2)c(Br)cc1OCc1ccc(Br)cc1. The molecular formula is C26H20Br2N2O5. The van der Waals surface area contributed by atoms with Crippen LogP contribution in [0.3, 0.4) is 0 Å². The predicted octanol–water partition coefficient (Wildman–Crippen LogP) is 6.43. The van der Waals surface area contributed by atoms with Gasteiger partial charge in [-0.15, -0.1) is 0 Å². The molecule has 0 unspecified atom stereocenters. The zero-order valence-electron chi connectivity index (χ0n) is 18.5. The highest BCUT2D eigenvalue weighted by atomic mass is 79.9. The van der Waals surface area contributed by atoms with Crippen LogP contribution in [0.2, 0.25) is 0 Å². The molecule has 0 bridgehead atoms. The lowest BCUT2D eigenvalue weighted by atomic mass is 10.1. The van der Waals surface area contributed by atoms with Crippen LogP contribution in [0, 0.1) is 11.3 Å². The van der Waals surface area contributed by atoms with Crippen molar-refractivity contribution in [3.8, 4) is 17.6 Å². The van der Waals surface area contributed by atoms with Gasteiger partial charge >= 0.3 is 5.97 Å². The van der Waals surface area contributed by atoms with Gasteiger partial charge in [-0.3, -0.25) is 4.79 Å². The molecule has 3 aromatic rings. The number of aromatic carboxylic acids is 1. The van der Waals surface area contributed by atoms with Gasteiger partial charge in [0.1, 0.15) is 18.2 Å². The molecule has 0 aliphatic rings. The van der Waals surface area contributed by atoms with E-state index in [0.717, 1.165) is 10.0 Å². The molecule has 9 heteroatoms. The summed E-state index contributed by atoms with van der Waals surface area (Å²) in [6.45, 7) is 2.57. The third kappa shape index (κ3) is 7.18. The van der Waals surface area contributed by atoms with Gasteiger partial charge in [0.2, 0.25) is 0 Å². The molecule has 1 amide bonds. The summed E-state index contributed by atoms with van der Waals surface area (Å²) in [4.78, 5) is 23.8. The number of ether oxygens (including phenoxy) is 2. The molecule has 7 nitrogen and oxygen atoms in total. The Balaban J connectivity index is 1.84. The molecule has 0 aliphatic heterocycles. The standard InChI is InChI=1S/C26H20Br2N2O5/c1-2-34-23-12-18(22(28)13-24(23)35-15-16-6-8-20(27)9-7-16)10-19(14-29)25(31)30-21-5-3-4-17(11-21)26(32)33/h3-13H,2,15H2,1H3,(H,30,31)(H,32,33)/b19-10-. The Morgan fingerprint density at radius 2 is 1.77 bits per heavy atom. The smallest absolute Gasteiger partial charge is 0.335 e. The van der Waals surface area contributed by atoms with Crippen LogP contribution < -0.4 is 14.8 Å². The van der Waals surface area contributed by atoms with Crippen LogP contribution in [0.1, 0.15) is 28.4 Å². The lowest BCUT2D eigenvalue weighted by molar-refractivity contribution is -0.112. The quantitative estimate of drug-likeness (QED) is 0.217. The maximum absolute atomic E-state index is 12.7. The van der Waals surface area contributed by atoms with Crippen molar-refractivity contribution >= 4 is 55.5 Å². The molecule has 0 aliphatic carbocycles. The van der Waals surface area contributed by atoms with Gasteiger partial charge in [0.15, 0.2) is 11.5 Å². The summed E-state index contributed by atoms with van der Waals surface area (Å²) in [5, 5.41) is 21.3. The monoisotopic (exact) mass is 598 g/mol. The van der Waals surface area contributed by atoms with Crippen LogP contribution in [0.25, 0.3) is 6.08 Å². The molecule has 0 atom stereocenters. The minimum absolute atomic E-state index is 0.0214. The average Bonchev–Trinajstić information content (AvgIpc) is 2.84. The lowest BCUT2D eigenvalue weighted by Crippen LogP contribution is -2.14. The van der Waals surface area contributed by atoms with Crippen molar-refractivity contribution in [3.63, 3.8) is 0 Å². The summed E-state index contributed by atoms with van der Waals surface area (Å²) < 4.78 is 13.3. The van der Waals surface area contributed by atoms with E-state index in [-0.39, 0.29) is 16.8 Å². The van der Waals surface area contributed by atoms with E-state index in [1.807, 2.05) is 37.3 Å². The zero-order valence-corrected chi connectivity index (χ0v) is 21.7. The highest BCUT2D eigenvalue weighted by Gasteiger charge is 2.15. The number of anilines is 1. The molecule has 0 saturated carbocycles. The number of carbonyl (C=O) groups is 2. The van der Waals surface area contributed by atoms with Crippen molar-refractivity contribution in [1.82, 2.24) is 0 Å². The first-order chi connectivity index (χ1) is 16.8. The molecule has 0 spiro atoms. The molecule has 178 valence electrons. The number of hydrogen-bond acceptors (Lipinski definition) is 5. The van der Waals surface area contributed by atoms with Crippen LogP contribution in [0.5, 0.6) is 11.5 Å². The molecule has 0 heterocycles. The third-order valence-corrected chi connectivity index (χ3v) is 5.92. The Bertz CT molecular complexity index is 1310. The van der Waals surface area contributed by atoms with Gasteiger partial charge in [0.05, 0.1) is 12.2 Å². The van der Waals surface area contributed by atoms with E-state index in [1.165, 1.54) is 24.3 Å². The summed E-state index contributed by atoms with van der Waals surface area (Å²) in [5.41, 5.74) is 1.63. The largest absolute Gasteiger partial charge is 0.490 e. The van der Waals surface area contributed by atoms with Crippen LogP contribution in [-0.2, 0) is 11.4 Å². The van der Waals surface area contributed by atoms with Crippen molar-refractivity contribution in [2.75, 3.05) is 11.9 Å². The molecule has 0 aromatic heterocycles. The van der Waals surface area contributed by atoms with Gasteiger partial charge in [-0.1, -0.05) is 50.1 Å². The summed E-state index contributed by atoms with van der Waals surface area (Å²) in [6, 6.07) is 18.8. The first-order valence-corrected chi connectivity index (χ1v) is 12.0. The number of nitriles is 1. The average molecular weight is 600 g/mol. The van der Waals surface area contributed by atoms with Gasteiger partial charge < -0.3 is 19.9 Å². The number of nitrogens with one attached hydrogen (secondary N) is 1. The number of amides is 1. The van der Waals surface area contributed by atoms with Gasteiger partial charge in [-0.05, 0) is 66.6 Å². The van der Waals surface area contributed by atoms with E-state index < -0.39 is 11.9 Å².